The third-order valence-electron chi connectivity index (χ3n) is 1.73. The first-order chi connectivity index (χ1) is 6.63. The van der Waals surface area contributed by atoms with Crippen molar-refractivity contribution in [2.24, 2.45) is 0 Å². The first-order valence-electron chi connectivity index (χ1n) is 4.43. The summed E-state index contributed by atoms with van der Waals surface area (Å²) in [6, 6.07) is 3.57. The zero-order chi connectivity index (χ0) is 10.6. The number of thiophene rings is 1. The van der Waals surface area contributed by atoms with Gasteiger partial charge in [-0.1, -0.05) is 6.92 Å². The van der Waals surface area contributed by atoms with Crippen molar-refractivity contribution in [2.45, 2.75) is 26.2 Å². The SMILES string of the molecule is CCCC(=O)CC(=O)c1ccc(Br)s1. The highest BCUT2D eigenvalue weighted by molar-refractivity contribution is 9.11. The van der Waals surface area contributed by atoms with Crippen LogP contribution in [0.15, 0.2) is 15.9 Å². The van der Waals surface area contributed by atoms with E-state index in [1.807, 2.05) is 13.0 Å². The van der Waals surface area contributed by atoms with Crippen molar-refractivity contribution in [3.63, 3.8) is 0 Å². The van der Waals surface area contributed by atoms with Gasteiger partial charge >= 0.3 is 0 Å². The van der Waals surface area contributed by atoms with Gasteiger partial charge in [-0.15, -0.1) is 11.3 Å². The lowest BCUT2D eigenvalue weighted by molar-refractivity contribution is -0.118. The number of hydrogen-bond donors (Lipinski definition) is 0. The fraction of sp³-hybridized carbons (Fsp3) is 0.400. The van der Waals surface area contributed by atoms with E-state index in [0.29, 0.717) is 11.3 Å². The molecule has 0 fully saturated rings. The Hall–Kier alpha value is -0.480. The van der Waals surface area contributed by atoms with Gasteiger partial charge in [0.1, 0.15) is 5.78 Å². The fourth-order valence-corrected chi connectivity index (χ4v) is 2.42. The predicted octanol–water partition coefficient (Wildman–Crippen LogP) is 3.45. The standard InChI is InChI=1S/C10H11BrO2S/c1-2-3-7(12)6-8(13)9-4-5-10(11)14-9/h4-5H,2-3,6H2,1H3. The Morgan fingerprint density at radius 2 is 2.14 bits per heavy atom. The highest BCUT2D eigenvalue weighted by Gasteiger charge is 2.12. The van der Waals surface area contributed by atoms with Gasteiger partial charge in [-0.25, -0.2) is 0 Å². The number of Topliss-reactive ketones (excluding diaryl/α,β-unsaturated/α-hetero) is 2. The van der Waals surface area contributed by atoms with Crippen molar-refractivity contribution >= 4 is 38.8 Å². The van der Waals surface area contributed by atoms with Crippen LogP contribution in [0.5, 0.6) is 0 Å². The van der Waals surface area contributed by atoms with Crippen molar-refractivity contribution in [3.05, 3.63) is 20.8 Å². The number of ketones is 2. The topological polar surface area (TPSA) is 34.1 Å². The molecule has 14 heavy (non-hydrogen) atoms. The summed E-state index contributed by atoms with van der Waals surface area (Å²) in [6.07, 6.45) is 1.35. The molecule has 4 heteroatoms. The third-order valence-corrected chi connectivity index (χ3v) is 3.40. The van der Waals surface area contributed by atoms with Gasteiger partial charge in [-0.2, -0.15) is 0 Å². The molecular weight excluding hydrogens is 264 g/mol. The first kappa shape index (κ1) is 11.6. The van der Waals surface area contributed by atoms with Crippen LogP contribution in [0.2, 0.25) is 0 Å². The van der Waals surface area contributed by atoms with Crippen molar-refractivity contribution in [3.8, 4) is 0 Å². The number of carbonyl (C=O) groups excluding carboxylic acids is 2. The van der Waals surface area contributed by atoms with E-state index in [9.17, 15) is 9.59 Å². The molecular formula is C10H11BrO2S. The summed E-state index contributed by atoms with van der Waals surface area (Å²) < 4.78 is 0.920. The van der Waals surface area contributed by atoms with Crippen LogP contribution in [0.25, 0.3) is 0 Å². The molecule has 0 bridgehead atoms. The average molecular weight is 275 g/mol. The van der Waals surface area contributed by atoms with Crippen LogP contribution in [0.1, 0.15) is 35.9 Å². The smallest absolute Gasteiger partial charge is 0.180 e. The Kier molecular flexibility index (Phi) is 4.48. The summed E-state index contributed by atoms with van der Waals surface area (Å²) in [5.74, 6) is -0.0406. The summed E-state index contributed by atoms with van der Waals surface area (Å²) in [5.41, 5.74) is 0. The minimum Gasteiger partial charge on any atom is -0.299 e. The second-order valence-corrected chi connectivity index (χ2v) is 5.46. The molecule has 2 nitrogen and oxygen atoms in total. The van der Waals surface area contributed by atoms with Crippen molar-refractivity contribution in [1.29, 1.82) is 0 Å². The molecule has 0 N–H and O–H groups in total. The van der Waals surface area contributed by atoms with E-state index in [0.717, 1.165) is 10.2 Å². The van der Waals surface area contributed by atoms with Gasteiger partial charge in [0.25, 0.3) is 0 Å². The van der Waals surface area contributed by atoms with E-state index >= 15 is 0 Å². The molecule has 0 aromatic carbocycles. The zero-order valence-electron chi connectivity index (χ0n) is 7.88. The van der Waals surface area contributed by atoms with E-state index in [4.69, 9.17) is 0 Å². The van der Waals surface area contributed by atoms with Gasteiger partial charge in [0.15, 0.2) is 5.78 Å². The van der Waals surface area contributed by atoms with Gasteiger partial charge in [-0.3, -0.25) is 9.59 Å². The molecule has 0 atom stereocenters. The van der Waals surface area contributed by atoms with E-state index < -0.39 is 0 Å². The average Bonchev–Trinajstić information content (AvgIpc) is 2.52. The molecule has 0 radical (unpaired) electrons. The second-order valence-electron chi connectivity index (χ2n) is 2.99. The van der Waals surface area contributed by atoms with Gasteiger partial charge in [0.2, 0.25) is 0 Å². The predicted molar refractivity (Wildman–Crippen MR) is 60.9 cm³/mol. The van der Waals surface area contributed by atoms with Gasteiger partial charge < -0.3 is 0 Å². The molecule has 0 amide bonds. The van der Waals surface area contributed by atoms with E-state index in [1.165, 1.54) is 11.3 Å². The van der Waals surface area contributed by atoms with Gasteiger partial charge in [0, 0.05) is 6.42 Å². The Balaban J connectivity index is 2.55. The molecule has 76 valence electrons. The Morgan fingerprint density at radius 3 is 2.64 bits per heavy atom. The maximum atomic E-state index is 11.5. The monoisotopic (exact) mass is 274 g/mol. The summed E-state index contributed by atoms with van der Waals surface area (Å²) in [5, 5.41) is 0. The van der Waals surface area contributed by atoms with Crippen LogP contribution in [-0.2, 0) is 4.79 Å². The second kappa shape index (κ2) is 5.41. The van der Waals surface area contributed by atoms with E-state index in [1.54, 1.807) is 6.07 Å². The molecule has 0 aliphatic carbocycles. The van der Waals surface area contributed by atoms with Crippen LogP contribution in [0.3, 0.4) is 0 Å². The molecule has 0 saturated heterocycles. The molecule has 1 aromatic heterocycles. The lowest BCUT2D eigenvalue weighted by atomic mass is 10.1. The molecule has 0 aliphatic rings. The minimum absolute atomic E-state index is 0.0297. The van der Waals surface area contributed by atoms with Gasteiger partial charge in [0.05, 0.1) is 15.1 Å². The van der Waals surface area contributed by atoms with Crippen LogP contribution in [0, 0.1) is 0 Å². The molecule has 0 spiro atoms. The number of halogens is 1. The van der Waals surface area contributed by atoms with Crippen LogP contribution < -0.4 is 0 Å². The Morgan fingerprint density at radius 1 is 1.43 bits per heavy atom. The molecule has 0 aliphatic heterocycles. The summed E-state index contributed by atoms with van der Waals surface area (Å²) in [6.45, 7) is 1.93. The van der Waals surface area contributed by atoms with E-state index in [2.05, 4.69) is 15.9 Å². The maximum absolute atomic E-state index is 11.5. The quantitative estimate of drug-likeness (QED) is 0.609. The van der Waals surface area contributed by atoms with Crippen LogP contribution >= 0.6 is 27.3 Å². The zero-order valence-corrected chi connectivity index (χ0v) is 10.3. The third kappa shape index (κ3) is 3.35. The molecule has 0 saturated carbocycles. The highest BCUT2D eigenvalue weighted by Crippen LogP contribution is 2.23. The number of hydrogen-bond acceptors (Lipinski definition) is 3. The van der Waals surface area contributed by atoms with Crippen molar-refractivity contribution in [1.82, 2.24) is 0 Å². The minimum atomic E-state index is -0.0702. The first-order valence-corrected chi connectivity index (χ1v) is 6.04. The largest absolute Gasteiger partial charge is 0.299 e. The van der Waals surface area contributed by atoms with Gasteiger partial charge in [-0.05, 0) is 34.5 Å². The highest BCUT2D eigenvalue weighted by atomic mass is 79.9. The Bertz CT molecular complexity index is 344. The normalized spacial score (nSPS) is 10.1. The Labute approximate surface area is 95.5 Å². The molecule has 1 heterocycles. The summed E-state index contributed by atoms with van der Waals surface area (Å²) in [4.78, 5) is 23.4. The lowest BCUT2D eigenvalue weighted by Crippen LogP contribution is -2.06. The summed E-state index contributed by atoms with van der Waals surface area (Å²) in [7, 11) is 0. The van der Waals surface area contributed by atoms with Crippen molar-refractivity contribution in [2.75, 3.05) is 0 Å². The summed E-state index contributed by atoms with van der Waals surface area (Å²) >= 11 is 4.65. The maximum Gasteiger partial charge on any atom is 0.180 e. The van der Waals surface area contributed by atoms with E-state index in [-0.39, 0.29) is 18.0 Å². The molecule has 1 rings (SSSR count). The van der Waals surface area contributed by atoms with Crippen LogP contribution in [-0.4, -0.2) is 11.6 Å². The molecule has 0 unspecified atom stereocenters. The molecule has 1 aromatic rings. The lowest BCUT2D eigenvalue weighted by Gasteiger charge is -1.95. The number of carbonyl (C=O) groups is 2. The van der Waals surface area contributed by atoms with Crippen molar-refractivity contribution < 1.29 is 9.59 Å². The fourth-order valence-electron chi connectivity index (χ4n) is 1.10. The number of rotatable bonds is 5. The van der Waals surface area contributed by atoms with Crippen LogP contribution in [0.4, 0.5) is 0 Å².